The van der Waals surface area contributed by atoms with E-state index >= 15 is 0 Å². The van der Waals surface area contributed by atoms with Crippen molar-refractivity contribution in [2.24, 2.45) is 0 Å². The third kappa shape index (κ3) is 3.88. The molecule has 1 N–H and O–H groups in total. The molecular formula is C16H14N2O2. The van der Waals surface area contributed by atoms with Crippen molar-refractivity contribution in [3.05, 3.63) is 66.0 Å². The van der Waals surface area contributed by atoms with E-state index in [-0.39, 0.29) is 11.7 Å². The van der Waals surface area contributed by atoms with E-state index < -0.39 is 0 Å². The fraction of sp³-hybridized carbons (Fsp3) is 0.0625. The van der Waals surface area contributed by atoms with E-state index in [1.165, 1.54) is 13.0 Å². The number of amides is 1. The molecule has 0 saturated carbocycles. The van der Waals surface area contributed by atoms with Crippen LogP contribution in [0.2, 0.25) is 0 Å². The molecule has 1 aromatic heterocycles. The molecule has 100 valence electrons. The summed E-state index contributed by atoms with van der Waals surface area (Å²) < 4.78 is 0. The summed E-state index contributed by atoms with van der Waals surface area (Å²) in [6, 6.07) is 10.5. The van der Waals surface area contributed by atoms with Crippen molar-refractivity contribution in [2.45, 2.75) is 6.92 Å². The highest BCUT2D eigenvalue weighted by Gasteiger charge is 2.03. The minimum atomic E-state index is -0.166. The first kappa shape index (κ1) is 13.7. The molecule has 4 nitrogen and oxygen atoms in total. The number of hydrogen-bond acceptors (Lipinski definition) is 3. The van der Waals surface area contributed by atoms with Gasteiger partial charge in [-0.2, -0.15) is 0 Å². The third-order valence-electron chi connectivity index (χ3n) is 2.58. The van der Waals surface area contributed by atoms with Crippen molar-refractivity contribution in [1.82, 2.24) is 4.98 Å². The van der Waals surface area contributed by atoms with Crippen LogP contribution in [0.15, 0.2) is 54.9 Å². The van der Waals surface area contributed by atoms with Crippen LogP contribution in [0.4, 0.5) is 5.69 Å². The highest BCUT2D eigenvalue weighted by Crippen LogP contribution is 2.12. The van der Waals surface area contributed by atoms with Gasteiger partial charge >= 0.3 is 0 Å². The van der Waals surface area contributed by atoms with Gasteiger partial charge in [0.15, 0.2) is 5.78 Å². The molecule has 2 aromatic rings. The SMILES string of the molecule is CC(=O)Nc1cccc(C(=O)/C=C/c2cccnc2)c1. The Balaban J connectivity index is 2.13. The molecule has 0 atom stereocenters. The van der Waals surface area contributed by atoms with Gasteiger partial charge in [0.1, 0.15) is 0 Å². The van der Waals surface area contributed by atoms with Crippen LogP contribution in [0.3, 0.4) is 0 Å². The number of pyridine rings is 1. The average molecular weight is 266 g/mol. The Bertz CT molecular complexity index is 649. The molecule has 2 rings (SSSR count). The number of allylic oxidation sites excluding steroid dienone is 1. The number of hydrogen-bond donors (Lipinski definition) is 1. The van der Waals surface area contributed by atoms with Crippen LogP contribution in [-0.4, -0.2) is 16.7 Å². The van der Waals surface area contributed by atoms with Crippen molar-refractivity contribution >= 4 is 23.5 Å². The lowest BCUT2D eigenvalue weighted by molar-refractivity contribution is -0.114. The van der Waals surface area contributed by atoms with Gasteiger partial charge < -0.3 is 5.32 Å². The molecule has 0 saturated heterocycles. The molecule has 0 radical (unpaired) electrons. The Morgan fingerprint density at radius 1 is 1.20 bits per heavy atom. The second-order valence-corrected chi connectivity index (χ2v) is 4.25. The van der Waals surface area contributed by atoms with E-state index in [0.717, 1.165) is 5.56 Å². The quantitative estimate of drug-likeness (QED) is 0.683. The summed E-state index contributed by atoms with van der Waals surface area (Å²) in [7, 11) is 0. The molecule has 4 heteroatoms. The predicted molar refractivity (Wildman–Crippen MR) is 78.3 cm³/mol. The maximum atomic E-state index is 12.0. The van der Waals surface area contributed by atoms with Gasteiger partial charge in [0.25, 0.3) is 0 Å². The summed E-state index contributed by atoms with van der Waals surface area (Å²) in [4.78, 5) is 27.0. The number of nitrogens with one attached hydrogen (secondary N) is 1. The Labute approximate surface area is 117 Å². The normalized spacial score (nSPS) is 10.4. The van der Waals surface area contributed by atoms with E-state index in [4.69, 9.17) is 0 Å². The van der Waals surface area contributed by atoms with Crippen LogP contribution >= 0.6 is 0 Å². The third-order valence-corrected chi connectivity index (χ3v) is 2.58. The zero-order valence-corrected chi connectivity index (χ0v) is 11.0. The van der Waals surface area contributed by atoms with E-state index in [9.17, 15) is 9.59 Å². The van der Waals surface area contributed by atoms with Crippen LogP contribution in [0, 0.1) is 0 Å². The van der Waals surface area contributed by atoms with Crippen molar-refractivity contribution in [2.75, 3.05) is 5.32 Å². The number of rotatable bonds is 4. The molecule has 20 heavy (non-hydrogen) atoms. The van der Waals surface area contributed by atoms with Gasteiger partial charge in [-0.05, 0) is 35.9 Å². The topological polar surface area (TPSA) is 59.1 Å². The fourth-order valence-corrected chi connectivity index (χ4v) is 1.70. The van der Waals surface area contributed by atoms with E-state index in [1.807, 2.05) is 12.1 Å². The summed E-state index contributed by atoms with van der Waals surface area (Å²) >= 11 is 0. The van der Waals surface area contributed by atoms with Crippen LogP contribution in [0.5, 0.6) is 0 Å². The van der Waals surface area contributed by atoms with Gasteiger partial charge in [0.05, 0.1) is 0 Å². The van der Waals surface area contributed by atoms with Crippen LogP contribution in [-0.2, 0) is 4.79 Å². The zero-order valence-electron chi connectivity index (χ0n) is 11.0. The lowest BCUT2D eigenvalue weighted by atomic mass is 10.1. The number of carbonyl (C=O) groups excluding carboxylic acids is 2. The average Bonchev–Trinajstić information content (AvgIpc) is 2.45. The molecule has 1 amide bonds. The lowest BCUT2D eigenvalue weighted by Crippen LogP contribution is -2.06. The Morgan fingerprint density at radius 3 is 2.75 bits per heavy atom. The summed E-state index contributed by atoms with van der Waals surface area (Å²) in [5, 5.41) is 2.65. The summed E-state index contributed by atoms with van der Waals surface area (Å²) in [5.74, 6) is -0.290. The maximum Gasteiger partial charge on any atom is 0.221 e. The molecule has 0 bridgehead atoms. The molecule has 0 aliphatic heterocycles. The number of ketones is 1. The maximum absolute atomic E-state index is 12.0. The first-order chi connectivity index (χ1) is 9.65. The van der Waals surface area contributed by atoms with Crippen LogP contribution in [0.1, 0.15) is 22.8 Å². The molecular weight excluding hydrogens is 252 g/mol. The number of benzene rings is 1. The Hall–Kier alpha value is -2.75. The first-order valence-electron chi connectivity index (χ1n) is 6.15. The fourth-order valence-electron chi connectivity index (χ4n) is 1.70. The zero-order chi connectivity index (χ0) is 14.4. The standard InChI is InChI=1S/C16H14N2O2/c1-12(19)18-15-6-2-5-14(10-15)16(20)8-7-13-4-3-9-17-11-13/h2-11H,1H3,(H,18,19)/b8-7+. The number of anilines is 1. The van der Waals surface area contributed by atoms with Crippen LogP contribution < -0.4 is 5.32 Å². The molecule has 1 heterocycles. The number of aromatic nitrogens is 1. The monoisotopic (exact) mass is 266 g/mol. The van der Waals surface area contributed by atoms with Gasteiger partial charge in [0.2, 0.25) is 5.91 Å². The lowest BCUT2D eigenvalue weighted by Gasteiger charge is -2.03. The van der Waals surface area contributed by atoms with Gasteiger partial charge in [-0.1, -0.05) is 18.2 Å². The molecule has 0 fully saturated rings. The first-order valence-corrected chi connectivity index (χ1v) is 6.15. The summed E-state index contributed by atoms with van der Waals surface area (Å²) in [5.41, 5.74) is 1.99. The number of carbonyl (C=O) groups is 2. The van der Waals surface area contributed by atoms with Crippen molar-refractivity contribution in [3.63, 3.8) is 0 Å². The highest BCUT2D eigenvalue weighted by atomic mass is 16.1. The predicted octanol–water partition coefficient (Wildman–Crippen LogP) is 2.94. The van der Waals surface area contributed by atoms with Crippen LogP contribution in [0.25, 0.3) is 6.08 Å². The van der Waals surface area contributed by atoms with E-state index in [0.29, 0.717) is 11.3 Å². The second kappa shape index (κ2) is 6.43. The number of nitrogens with zero attached hydrogens (tertiary/aromatic N) is 1. The summed E-state index contributed by atoms with van der Waals surface area (Å²) in [6.07, 6.45) is 6.55. The van der Waals surface area contributed by atoms with Crippen molar-refractivity contribution in [3.8, 4) is 0 Å². The summed E-state index contributed by atoms with van der Waals surface area (Å²) in [6.45, 7) is 1.43. The van der Waals surface area contributed by atoms with E-state index in [1.54, 1.807) is 42.7 Å². The smallest absolute Gasteiger partial charge is 0.221 e. The molecule has 0 aliphatic rings. The van der Waals surface area contributed by atoms with E-state index in [2.05, 4.69) is 10.3 Å². The molecule has 0 aliphatic carbocycles. The highest BCUT2D eigenvalue weighted by molar-refractivity contribution is 6.07. The minimum Gasteiger partial charge on any atom is -0.326 e. The largest absolute Gasteiger partial charge is 0.326 e. The molecule has 0 unspecified atom stereocenters. The van der Waals surface area contributed by atoms with Gasteiger partial charge in [-0.3, -0.25) is 14.6 Å². The van der Waals surface area contributed by atoms with Gasteiger partial charge in [-0.15, -0.1) is 0 Å². The van der Waals surface area contributed by atoms with Gasteiger partial charge in [-0.25, -0.2) is 0 Å². The Morgan fingerprint density at radius 2 is 2.05 bits per heavy atom. The molecule has 0 spiro atoms. The molecule has 1 aromatic carbocycles. The second-order valence-electron chi connectivity index (χ2n) is 4.25. The van der Waals surface area contributed by atoms with Crippen molar-refractivity contribution in [1.29, 1.82) is 0 Å². The van der Waals surface area contributed by atoms with Crippen molar-refractivity contribution < 1.29 is 9.59 Å². The minimum absolute atomic E-state index is 0.124. The Kier molecular flexibility index (Phi) is 4.39. The van der Waals surface area contributed by atoms with Gasteiger partial charge in [0, 0.05) is 30.6 Å².